The molecule has 16 heavy (non-hydrogen) atoms. The lowest BCUT2D eigenvalue weighted by molar-refractivity contribution is -0.0264. The average molecular weight is 225 g/mol. The van der Waals surface area contributed by atoms with Crippen LogP contribution in [-0.4, -0.2) is 34.8 Å². The van der Waals surface area contributed by atoms with Gasteiger partial charge in [-0.2, -0.15) is 0 Å². The van der Waals surface area contributed by atoms with Crippen LogP contribution in [0.4, 0.5) is 4.39 Å². The number of rotatable bonds is 2. The molecule has 2 aliphatic heterocycles. The highest BCUT2D eigenvalue weighted by Crippen LogP contribution is 2.23. The van der Waals surface area contributed by atoms with Crippen molar-refractivity contribution in [3.63, 3.8) is 0 Å². The summed E-state index contributed by atoms with van der Waals surface area (Å²) in [6, 6.07) is 0. The van der Waals surface area contributed by atoms with Gasteiger partial charge in [0.2, 0.25) is 0 Å². The molecule has 0 aromatic carbocycles. The van der Waals surface area contributed by atoms with E-state index in [0.29, 0.717) is 5.82 Å². The Morgan fingerprint density at radius 3 is 3.00 bits per heavy atom. The van der Waals surface area contributed by atoms with E-state index in [1.165, 1.54) is 11.1 Å². The van der Waals surface area contributed by atoms with Gasteiger partial charge in [0.05, 0.1) is 6.61 Å². The molecule has 0 bridgehead atoms. The molecule has 0 saturated heterocycles. The van der Waals surface area contributed by atoms with Crippen LogP contribution in [0.15, 0.2) is 41.6 Å². The number of nitrogens with zero attached hydrogens (tertiary/aromatic N) is 2. The number of aliphatic imine (C=N–C) groups is 1. The number of hydrogen-bond donors (Lipinski definition) is 2. The molecule has 0 aliphatic carbocycles. The van der Waals surface area contributed by atoms with Crippen LogP contribution in [-0.2, 0) is 4.74 Å². The number of halogens is 1. The molecule has 2 rings (SSSR count). The second kappa shape index (κ2) is 4.07. The van der Waals surface area contributed by atoms with Gasteiger partial charge in [0, 0.05) is 6.20 Å². The van der Waals surface area contributed by atoms with Crippen LogP contribution in [0.5, 0.6) is 0 Å². The van der Waals surface area contributed by atoms with Crippen molar-refractivity contribution in [1.82, 2.24) is 4.90 Å². The third-order valence-electron chi connectivity index (χ3n) is 2.30. The average Bonchev–Trinajstić information content (AvgIpc) is 2.71. The van der Waals surface area contributed by atoms with E-state index in [-0.39, 0.29) is 18.5 Å². The normalized spacial score (nSPS) is 29.4. The highest BCUT2D eigenvalue weighted by atomic mass is 19.1. The van der Waals surface area contributed by atoms with Crippen molar-refractivity contribution < 1.29 is 14.2 Å². The first-order valence-electron chi connectivity index (χ1n) is 4.75. The Hall–Kier alpha value is -1.66. The van der Waals surface area contributed by atoms with E-state index in [0.717, 1.165) is 0 Å². The van der Waals surface area contributed by atoms with Gasteiger partial charge in [-0.05, 0) is 6.08 Å². The molecule has 6 heteroatoms. The molecule has 0 radical (unpaired) electrons. The third kappa shape index (κ3) is 1.84. The summed E-state index contributed by atoms with van der Waals surface area (Å²) < 4.78 is 18.6. The molecule has 2 heterocycles. The summed E-state index contributed by atoms with van der Waals surface area (Å²) in [4.78, 5) is 5.16. The Morgan fingerprint density at radius 2 is 2.38 bits per heavy atom. The zero-order chi connectivity index (χ0) is 11.7. The number of ether oxygens (including phenoxy) is 1. The van der Waals surface area contributed by atoms with Crippen molar-refractivity contribution in [1.29, 1.82) is 0 Å². The Balaban J connectivity index is 2.13. The topological polar surface area (TPSA) is 71.1 Å². The van der Waals surface area contributed by atoms with E-state index < -0.39 is 12.1 Å². The predicted molar refractivity (Wildman–Crippen MR) is 56.7 cm³/mol. The molecule has 0 unspecified atom stereocenters. The van der Waals surface area contributed by atoms with Gasteiger partial charge in [0.15, 0.2) is 17.9 Å². The third-order valence-corrected chi connectivity index (χ3v) is 2.30. The predicted octanol–water partition coefficient (Wildman–Crippen LogP) is 0.215. The quantitative estimate of drug-likeness (QED) is 0.659. The first-order chi connectivity index (χ1) is 7.61. The maximum absolute atomic E-state index is 13.2. The smallest absolute Gasteiger partial charge is 0.181 e. The fourth-order valence-electron chi connectivity index (χ4n) is 1.48. The molecule has 0 fully saturated rings. The molecule has 0 aromatic rings. The van der Waals surface area contributed by atoms with Crippen molar-refractivity contribution in [3.05, 3.63) is 36.6 Å². The first kappa shape index (κ1) is 10.8. The maximum Gasteiger partial charge on any atom is 0.181 e. The molecule has 2 aliphatic rings. The molecular weight excluding hydrogens is 213 g/mol. The number of aliphatic hydroxyl groups is 1. The first-order valence-corrected chi connectivity index (χ1v) is 4.75. The number of aliphatic hydroxyl groups excluding tert-OH is 1. The van der Waals surface area contributed by atoms with Crippen molar-refractivity contribution in [3.8, 4) is 0 Å². The van der Waals surface area contributed by atoms with Gasteiger partial charge < -0.3 is 20.5 Å². The fourth-order valence-corrected chi connectivity index (χ4v) is 1.48. The Morgan fingerprint density at radius 1 is 1.62 bits per heavy atom. The minimum Gasteiger partial charge on any atom is -0.393 e. The molecule has 0 saturated carbocycles. The molecule has 0 amide bonds. The summed E-state index contributed by atoms with van der Waals surface area (Å²) in [6.45, 7) is 3.53. The lowest BCUT2D eigenvalue weighted by atomic mass is 10.3. The second-order valence-corrected chi connectivity index (χ2v) is 3.43. The lowest BCUT2D eigenvalue weighted by Gasteiger charge is -2.28. The van der Waals surface area contributed by atoms with E-state index in [4.69, 9.17) is 15.6 Å². The number of nitrogens with two attached hydrogens (primary N) is 1. The Bertz CT molecular complexity index is 403. The number of amidine groups is 1. The highest BCUT2D eigenvalue weighted by molar-refractivity contribution is 5.96. The van der Waals surface area contributed by atoms with Gasteiger partial charge in [-0.15, -0.1) is 0 Å². The summed E-state index contributed by atoms with van der Waals surface area (Å²) in [5.74, 6) is -0.522. The summed E-state index contributed by atoms with van der Waals surface area (Å²) in [6.07, 6.45) is 3.70. The van der Waals surface area contributed by atoms with Gasteiger partial charge in [-0.3, -0.25) is 0 Å². The van der Waals surface area contributed by atoms with E-state index in [2.05, 4.69) is 11.6 Å². The minimum absolute atomic E-state index is 0.120. The van der Waals surface area contributed by atoms with Crippen LogP contribution in [0.3, 0.4) is 0 Å². The van der Waals surface area contributed by atoms with Gasteiger partial charge in [-0.25, -0.2) is 9.38 Å². The summed E-state index contributed by atoms with van der Waals surface area (Å²) >= 11 is 0. The van der Waals surface area contributed by atoms with Crippen LogP contribution >= 0.6 is 0 Å². The van der Waals surface area contributed by atoms with Crippen LogP contribution in [0.2, 0.25) is 0 Å². The van der Waals surface area contributed by atoms with Gasteiger partial charge in [-0.1, -0.05) is 12.7 Å². The minimum atomic E-state index is -0.628. The van der Waals surface area contributed by atoms with Crippen molar-refractivity contribution in [2.75, 3.05) is 6.61 Å². The van der Waals surface area contributed by atoms with Crippen molar-refractivity contribution >= 4 is 5.84 Å². The van der Waals surface area contributed by atoms with Gasteiger partial charge >= 0.3 is 0 Å². The molecule has 0 spiro atoms. The molecule has 0 aromatic heterocycles. The Kier molecular flexibility index (Phi) is 2.76. The van der Waals surface area contributed by atoms with Crippen molar-refractivity contribution in [2.24, 2.45) is 10.7 Å². The summed E-state index contributed by atoms with van der Waals surface area (Å²) in [7, 11) is 0. The molecular formula is C10H12FN3O2. The Labute approximate surface area is 92.0 Å². The van der Waals surface area contributed by atoms with Crippen LogP contribution in [0, 0.1) is 0 Å². The monoisotopic (exact) mass is 225 g/mol. The largest absolute Gasteiger partial charge is 0.393 e. The summed E-state index contributed by atoms with van der Waals surface area (Å²) in [5, 5.41) is 8.89. The van der Waals surface area contributed by atoms with Gasteiger partial charge in [0.1, 0.15) is 11.9 Å². The highest BCUT2D eigenvalue weighted by Gasteiger charge is 2.27. The maximum atomic E-state index is 13.2. The van der Waals surface area contributed by atoms with E-state index in [1.807, 2.05) is 0 Å². The fraction of sp³-hybridized carbons (Fsp3) is 0.300. The lowest BCUT2D eigenvalue weighted by Crippen LogP contribution is -2.34. The molecule has 5 nitrogen and oxygen atoms in total. The molecule has 3 N–H and O–H groups in total. The molecule has 86 valence electrons. The van der Waals surface area contributed by atoms with Crippen LogP contribution < -0.4 is 5.73 Å². The zero-order valence-corrected chi connectivity index (χ0v) is 8.51. The number of hydrogen-bond acceptors (Lipinski definition) is 5. The van der Waals surface area contributed by atoms with E-state index in [1.54, 1.807) is 12.2 Å². The van der Waals surface area contributed by atoms with Crippen LogP contribution in [0.25, 0.3) is 0 Å². The van der Waals surface area contributed by atoms with Crippen LogP contribution in [0.1, 0.15) is 0 Å². The standard InChI is InChI=1S/C10H12FN3O2/c1-6-13-10(12)8(11)4-14(6)9-3-2-7(5-15)16-9/h2-4,7,9,15H,1,5H2,(H2,12,13)/t7-,9+/m0/s1. The second-order valence-electron chi connectivity index (χ2n) is 3.43. The zero-order valence-electron chi connectivity index (χ0n) is 8.51. The van der Waals surface area contributed by atoms with Gasteiger partial charge in [0.25, 0.3) is 0 Å². The van der Waals surface area contributed by atoms with E-state index >= 15 is 0 Å². The van der Waals surface area contributed by atoms with E-state index in [9.17, 15) is 4.39 Å². The van der Waals surface area contributed by atoms with Crippen molar-refractivity contribution in [2.45, 2.75) is 12.3 Å². The SMILES string of the molecule is C=C1N=C(N)C(F)=CN1[C@H]1C=C[C@@H](CO)O1. The summed E-state index contributed by atoms with van der Waals surface area (Å²) in [5.41, 5.74) is 5.30. The molecule has 2 atom stereocenters.